The van der Waals surface area contributed by atoms with Gasteiger partial charge in [-0.1, -0.05) is 67.8 Å². The molecule has 0 bridgehead atoms. The SMILES string of the molecule is CCCCCCCCCCC[N+](C)(C)CCCBr.[I-]. The van der Waals surface area contributed by atoms with E-state index in [9.17, 15) is 0 Å². The van der Waals surface area contributed by atoms with E-state index < -0.39 is 0 Å². The maximum atomic E-state index is 3.52. The van der Waals surface area contributed by atoms with Crippen LogP contribution in [0.5, 0.6) is 0 Å². The van der Waals surface area contributed by atoms with Crippen LogP contribution in [0, 0.1) is 0 Å². The number of nitrogens with zero attached hydrogens (tertiary/aromatic N) is 1. The van der Waals surface area contributed by atoms with E-state index in [1.165, 1.54) is 81.8 Å². The summed E-state index contributed by atoms with van der Waals surface area (Å²) >= 11 is 3.52. The predicted octanol–water partition coefficient (Wildman–Crippen LogP) is 2.38. The van der Waals surface area contributed by atoms with Crippen molar-refractivity contribution < 1.29 is 28.5 Å². The van der Waals surface area contributed by atoms with Crippen LogP contribution in [-0.4, -0.2) is 37.0 Å². The fourth-order valence-corrected chi connectivity index (χ4v) is 2.70. The van der Waals surface area contributed by atoms with Gasteiger partial charge in [-0.05, 0) is 12.8 Å². The first-order chi connectivity index (χ1) is 8.62. The maximum Gasteiger partial charge on any atom is 0.0790 e. The Morgan fingerprint density at radius 1 is 0.684 bits per heavy atom. The minimum absolute atomic E-state index is 0. The Morgan fingerprint density at radius 2 is 1.11 bits per heavy atom. The molecule has 3 heteroatoms. The van der Waals surface area contributed by atoms with E-state index in [0.29, 0.717) is 0 Å². The molecule has 0 rings (SSSR count). The zero-order valence-corrected chi connectivity index (χ0v) is 17.1. The number of rotatable bonds is 13. The molecule has 0 aliphatic heterocycles. The summed E-state index contributed by atoms with van der Waals surface area (Å²) in [6.07, 6.45) is 14.2. The van der Waals surface area contributed by atoms with Gasteiger partial charge in [0.15, 0.2) is 0 Å². The van der Waals surface area contributed by atoms with Crippen LogP contribution in [0.15, 0.2) is 0 Å². The zero-order chi connectivity index (χ0) is 13.7. The topological polar surface area (TPSA) is 0 Å². The molecule has 118 valence electrons. The summed E-state index contributed by atoms with van der Waals surface area (Å²) in [6, 6.07) is 0. The number of alkyl halides is 1. The smallest absolute Gasteiger partial charge is 0.0790 e. The molecule has 0 amide bonds. The van der Waals surface area contributed by atoms with Crippen molar-refractivity contribution in [1.29, 1.82) is 0 Å². The second-order valence-electron chi connectivity index (χ2n) is 6.25. The molecule has 0 aromatic rings. The molecular weight excluding hydrogens is 413 g/mol. The Bertz CT molecular complexity index is 174. The van der Waals surface area contributed by atoms with Crippen LogP contribution in [0.1, 0.15) is 71.1 Å². The van der Waals surface area contributed by atoms with E-state index >= 15 is 0 Å². The number of halogens is 2. The highest BCUT2D eigenvalue weighted by atomic mass is 127. The molecule has 0 spiro atoms. The molecule has 0 aromatic carbocycles. The van der Waals surface area contributed by atoms with Gasteiger partial charge in [0.1, 0.15) is 0 Å². The second-order valence-corrected chi connectivity index (χ2v) is 7.05. The Hall–Kier alpha value is 1.17. The molecule has 0 radical (unpaired) electrons. The average molecular weight is 448 g/mol. The molecule has 0 saturated carbocycles. The van der Waals surface area contributed by atoms with Gasteiger partial charge in [0.25, 0.3) is 0 Å². The molecule has 1 nitrogen and oxygen atoms in total. The summed E-state index contributed by atoms with van der Waals surface area (Å²) in [5.41, 5.74) is 0. The molecule has 0 fully saturated rings. The van der Waals surface area contributed by atoms with E-state index in [0.717, 1.165) is 5.33 Å². The summed E-state index contributed by atoms with van der Waals surface area (Å²) in [5, 5.41) is 1.15. The van der Waals surface area contributed by atoms with Crippen molar-refractivity contribution in [3.8, 4) is 0 Å². The fraction of sp³-hybridized carbons (Fsp3) is 1.00. The van der Waals surface area contributed by atoms with Crippen molar-refractivity contribution >= 4 is 15.9 Å². The third-order valence-electron chi connectivity index (χ3n) is 3.76. The highest BCUT2D eigenvalue weighted by Crippen LogP contribution is 2.11. The van der Waals surface area contributed by atoms with E-state index in [2.05, 4.69) is 36.9 Å². The molecule has 0 aromatic heterocycles. The Kier molecular flexibility index (Phi) is 18.4. The van der Waals surface area contributed by atoms with Crippen LogP contribution >= 0.6 is 15.9 Å². The summed E-state index contributed by atoms with van der Waals surface area (Å²) in [7, 11) is 4.74. The van der Waals surface area contributed by atoms with Crippen molar-refractivity contribution in [3.63, 3.8) is 0 Å². The fourth-order valence-electron chi connectivity index (χ4n) is 2.45. The molecule has 0 heterocycles. The summed E-state index contributed by atoms with van der Waals surface area (Å²) in [4.78, 5) is 0. The summed E-state index contributed by atoms with van der Waals surface area (Å²) in [6.45, 7) is 4.95. The van der Waals surface area contributed by atoms with Crippen LogP contribution in [0.25, 0.3) is 0 Å². The zero-order valence-electron chi connectivity index (χ0n) is 13.4. The Balaban J connectivity index is 0. The minimum Gasteiger partial charge on any atom is -1.00 e. The van der Waals surface area contributed by atoms with Crippen molar-refractivity contribution in [1.82, 2.24) is 0 Å². The normalized spacial score (nSPS) is 11.4. The average Bonchev–Trinajstić information content (AvgIpc) is 2.34. The van der Waals surface area contributed by atoms with Crippen molar-refractivity contribution in [2.24, 2.45) is 0 Å². The van der Waals surface area contributed by atoms with E-state index in [4.69, 9.17) is 0 Å². The molecule has 0 saturated heterocycles. The van der Waals surface area contributed by atoms with E-state index in [1.807, 2.05) is 0 Å². The lowest BCUT2D eigenvalue weighted by molar-refractivity contribution is -0.890. The highest BCUT2D eigenvalue weighted by Gasteiger charge is 2.12. The van der Waals surface area contributed by atoms with Gasteiger partial charge < -0.3 is 28.5 Å². The molecule has 0 unspecified atom stereocenters. The predicted molar refractivity (Wildman–Crippen MR) is 87.5 cm³/mol. The van der Waals surface area contributed by atoms with Gasteiger partial charge in [-0.15, -0.1) is 0 Å². The van der Waals surface area contributed by atoms with Crippen LogP contribution in [0.3, 0.4) is 0 Å². The minimum atomic E-state index is 0. The maximum absolute atomic E-state index is 3.52. The molecule has 0 aliphatic rings. The van der Waals surface area contributed by atoms with Gasteiger partial charge in [0.05, 0.1) is 27.2 Å². The summed E-state index contributed by atoms with van der Waals surface area (Å²) < 4.78 is 1.20. The van der Waals surface area contributed by atoms with Crippen molar-refractivity contribution in [3.05, 3.63) is 0 Å². The van der Waals surface area contributed by atoms with Crippen molar-refractivity contribution in [2.75, 3.05) is 32.5 Å². The number of unbranched alkanes of at least 4 members (excludes halogenated alkanes) is 8. The van der Waals surface area contributed by atoms with E-state index in [-0.39, 0.29) is 24.0 Å². The van der Waals surface area contributed by atoms with Crippen LogP contribution in [0.2, 0.25) is 0 Å². The van der Waals surface area contributed by atoms with Gasteiger partial charge >= 0.3 is 0 Å². The second kappa shape index (κ2) is 15.6. The first kappa shape index (κ1) is 22.5. The van der Waals surface area contributed by atoms with Crippen LogP contribution in [-0.2, 0) is 0 Å². The quantitative estimate of drug-likeness (QED) is 0.176. The van der Waals surface area contributed by atoms with Gasteiger partial charge in [0.2, 0.25) is 0 Å². The van der Waals surface area contributed by atoms with Crippen molar-refractivity contribution in [2.45, 2.75) is 71.1 Å². The highest BCUT2D eigenvalue weighted by molar-refractivity contribution is 9.09. The third kappa shape index (κ3) is 17.1. The Morgan fingerprint density at radius 3 is 1.58 bits per heavy atom. The van der Waals surface area contributed by atoms with Gasteiger partial charge in [-0.3, -0.25) is 0 Å². The first-order valence-electron chi connectivity index (χ1n) is 8.00. The lowest BCUT2D eigenvalue weighted by Gasteiger charge is -2.29. The van der Waals surface area contributed by atoms with Crippen LogP contribution < -0.4 is 24.0 Å². The number of hydrogen-bond donors (Lipinski definition) is 0. The van der Waals surface area contributed by atoms with Crippen LogP contribution in [0.4, 0.5) is 0 Å². The Labute approximate surface area is 147 Å². The van der Waals surface area contributed by atoms with Gasteiger partial charge in [0, 0.05) is 11.8 Å². The molecule has 0 atom stereocenters. The summed E-state index contributed by atoms with van der Waals surface area (Å²) in [5.74, 6) is 0. The first-order valence-corrected chi connectivity index (χ1v) is 9.12. The molecule has 19 heavy (non-hydrogen) atoms. The number of quaternary nitrogens is 1. The lowest BCUT2D eigenvalue weighted by Crippen LogP contribution is -3.00. The standard InChI is InChI=1S/C16H35BrN.HI/c1-4-5-6-7-8-9-10-11-12-15-18(2,3)16-13-14-17;/h4-16H2,1-3H3;1H/q+1;/p-1. The third-order valence-corrected chi connectivity index (χ3v) is 4.32. The molecule has 0 N–H and O–H groups in total. The van der Waals surface area contributed by atoms with Gasteiger partial charge in [-0.2, -0.15) is 0 Å². The van der Waals surface area contributed by atoms with Gasteiger partial charge in [-0.25, -0.2) is 0 Å². The molecule has 0 aliphatic carbocycles. The number of hydrogen-bond acceptors (Lipinski definition) is 0. The molecular formula is C16H35BrIN. The van der Waals surface area contributed by atoms with E-state index in [1.54, 1.807) is 0 Å². The monoisotopic (exact) mass is 447 g/mol. The lowest BCUT2D eigenvalue weighted by atomic mass is 10.1. The largest absolute Gasteiger partial charge is 1.00 e.